The van der Waals surface area contributed by atoms with Gasteiger partial charge in [0, 0.05) is 31.1 Å². The quantitative estimate of drug-likeness (QED) is 0.752. The Bertz CT molecular complexity index is 579. The number of allylic oxidation sites excluding steroid dienone is 2. The Morgan fingerprint density at radius 2 is 1.88 bits per heavy atom. The zero-order chi connectivity index (χ0) is 17.4. The molecule has 1 aliphatic rings. The van der Waals surface area contributed by atoms with Gasteiger partial charge in [-0.05, 0) is 51.1 Å². The van der Waals surface area contributed by atoms with E-state index in [9.17, 15) is 9.59 Å². The highest BCUT2D eigenvalue weighted by Crippen LogP contribution is 2.18. The predicted molar refractivity (Wildman–Crippen MR) is 95.7 cm³/mol. The second-order valence-electron chi connectivity index (χ2n) is 6.46. The number of nitrogens with one attached hydrogen (secondary N) is 2. The molecule has 0 fully saturated rings. The number of likely N-dealkylation sites (N-methyl/N-ethyl adjacent to an activating group) is 1. The van der Waals surface area contributed by atoms with E-state index in [-0.39, 0.29) is 17.7 Å². The summed E-state index contributed by atoms with van der Waals surface area (Å²) in [6.07, 6.45) is 6.95. The topological polar surface area (TPSA) is 61.4 Å². The van der Waals surface area contributed by atoms with Crippen LogP contribution in [0.2, 0.25) is 0 Å². The number of hydrogen-bond acceptors (Lipinski definition) is 3. The molecule has 0 aliphatic heterocycles. The van der Waals surface area contributed by atoms with Crippen molar-refractivity contribution in [3.63, 3.8) is 0 Å². The number of nitrogens with zero attached hydrogens (tertiary/aromatic N) is 1. The minimum absolute atomic E-state index is 0.0681. The molecule has 0 spiro atoms. The molecule has 0 bridgehead atoms. The van der Waals surface area contributed by atoms with Gasteiger partial charge in [-0.15, -0.1) is 0 Å². The maximum absolute atomic E-state index is 12.1. The highest BCUT2D eigenvalue weighted by molar-refractivity contribution is 5.94. The van der Waals surface area contributed by atoms with Gasteiger partial charge in [0.1, 0.15) is 0 Å². The summed E-state index contributed by atoms with van der Waals surface area (Å²) < 4.78 is 0. The fraction of sp³-hybridized carbons (Fsp3) is 0.474. The first-order valence-electron chi connectivity index (χ1n) is 8.51. The van der Waals surface area contributed by atoms with Gasteiger partial charge in [0.05, 0.1) is 0 Å². The zero-order valence-electron chi connectivity index (χ0n) is 14.5. The molecule has 2 amide bonds. The third kappa shape index (κ3) is 5.81. The number of amides is 2. The van der Waals surface area contributed by atoms with Crippen molar-refractivity contribution < 1.29 is 9.59 Å². The largest absolute Gasteiger partial charge is 0.352 e. The lowest BCUT2D eigenvalue weighted by Gasteiger charge is -2.17. The summed E-state index contributed by atoms with van der Waals surface area (Å²) >= 11 is 0. The Hall–Kier alpha value is -2.14. The molecule has 0 saturated carbocycles. The Morgan fingerprint density at radius 3 is 2.50 bits per heavy atom. The second kappa shape index (κ2) is 9.23. The number of carbonyl (C=O) groups is 2. The van der Waals surface area contributed by atoms with Gasteiger partial charge in [-0.1, -0.05) is 24.3 Å². The summed E-state index contributed by atoms with van der Waals surface area (Å²) in [5, 5.41) is 5.87. The van der Waals surface area contributed by atoms with E-state index in [2.05, 4.69) is 22.8 Å². The van der Waals surface area contributed by atoms with Gasteiger partial charge in [-0.2, -0.15) is 0 Å². The molecule has 0 aromatic heterocycles. The van der Waals surface area contributed by atoms with Crippen LogP contribution < -0.4 is 10.6 Å². The van der Waals surface area contributed by atoms with E-state index in [0.29, 0.717) is 18.7 Å². The van der Waals surface area contributed by atoms with Crippen molar-refractivity contribution >= 4 is 11.8 Å². The number of carbonyl (C=O) groups excluding carboxylic acids is 2. The molecule has 5 nitrogen and oxygen atoms in total. The fourth-order valence-electron chi connectivity index (χ4n) is 2.63. The van der Waals surface area contributed by atoms with Gasteiger partial charge in [-0.3, -0.25) is 9.59 Å². The van der Waals surface area contributed by atoms with Gasteiger partial charge in [0.15, 0.2) is 0 Å². The lowest BCUT2D eigenvalue weighted by molar-refractivity contribution is -0.125. The normalized spacial score (nSPS) is 16.9. The van der Waals surface area contributed by atoms with Crippen LogP contribution in [0.1, 0.15) is 35.2 Å². The molecule has 130 valence electrons. The van der Waals surface area contributed by atoms with E-state index in [1.54, 1.807) is 12.1 Å². The zero-order valence-corrected chi connectivity index (χ0v) is 14.5. The van der Waals surface area contributed by atoms with Crippen molar-refractivity contribution in [3.05, 3.63) is 47.5 Å². The molecule has 2 N–H and O–H groups in total. The standard InChI is InChI=1S/C19H27N3O2/c1-22(2)13-12-20-18(23)17-10-8-15(9-11-17)14-21-19(24)16-6-4-3-5-7-16/h3-4,8-11,16H,5-7,12-14H2,1-2H3,(H,20,23)(H,21,24). The van der Waals surface area contributed by atoms with E-state index in [4.69, 9.17) is 0 Å². The van der Waals surface area contributed by atoms with Crippen LogP contribution >= 0.6 is 0 Å². The van der Waals surface area contributed by atoms with Crippen molar-refractivity contribution in [1.82, 2.24) is 15.5 Å². The van der Waals surface area contributed by atoms with Crippen molar-refractivity contribution in [2.45, 2.75) is 25.8 Å². The van der Waals surface area contributed by atoms with Gasteiger partial charge < -0.3 is 15.5 Å². The molecule has 1 aromatic rings. The molecule has 0 saturated heterocycles. The Balaban J connectivity index is 1.78. The first-order chi connectivity index (χ1) is 11.6. The predicted octanol–water partition coefficient (Wildman–Crippen LogP) is 1.95. The molecule has 0 radical (unpaired) electrons. The molecule has 1 aliphatic carbocycles. The Kier molecular flexibility index (Phi) is 7.00. The first-order valence-corrected chi connectivity index (χ1v) is 8.51. The maximum Gasteiger partial charge on any atom is 0.251 e. The summed E-state index contributed by atoms with van der Waals surface area (Å²) in [5.41, 5.74) is 1.64. The summed E-state index contributed by atoms with van der Waals surface area (Å²) in [6, 6.07) is 7.38. The van der Waals surface area contributed by atoms with Crippen molar-refractivity contribution in [2.24, 2.45) is 5.92 Å². The smallest absolute Gasteiger partial charge is 0.251 e. The average molecular weight is 329 g/mol. The van der Waals surface area contributed by atoms with Crippen molar-refractivity contribution in [2.75, 3.05) is 27.2 Å². The highest BCUT2D eigenvalue weighted by atomic mass is 16.2. The van der Waals surface area contributed by atoms with E-state index < -0.39 is 0 Å². The lowest BCUT2D eigenvalue weighted by Crippen LogP contribution is -2.31. The molecule has 0 heterocycles. The fourth-order valence-corrected chi connectivity index (χ4v) is 2.63. The monoisotopic (exact) mass is 329 g/mol. The molecule has 1 aromatic carbocycles. The third-order valence-corrected chi connectivity index (χ3v) is 4.17. The second-order valence-corrected chi connectivity index (χ2v) is 6.46. The van der Waals surface area contributed by atoms with Crippen LogP contribution in [-0.4, -0.2) is 43.9 Å². The van der Waals surface area contributed by atoms with E-state index >= 15 is 0 Å². The van der Waals surface area contributed by atoms with Crippen LogP contribution in [0.15, 0.2) is 36.4 Å². The molecular weight excluding hydrogens is 302 g/mol. The average Bonchev–Trinajstić information content (AvgIpc) is 2.60. The summed E-state index contributed by atoms with van der Waals surface area (Å²) in [7, 11) is 3.94. The molecule has 24 heavy (non-hydrogen) atoms. The third-order valence-electron chi connectivity index (χ3n) is 4.17. The van der Waals surface area contributed by atoms with Gasteiger partial charge in [0.25, 0.3) is 5.91 Å². The minimum atomic E-state index is -0.0681. The molecule has 5 heteroatoms. The van der Waals surface area contributed by atoms with Crippen LogP contribution in [0.3, 0.4) is 0 Å². The van der Waals surface area contributed by atoms with E-state index in [1.165, 1.54) is 0 Å². The summed E-state index contributed by atoms with van der Waals surface area (Å²) in [4.78, 5) is 26.1. The van der Waals surface area contributed by atoms with Crippen LogP contribution in [0, 0.1) is 5.92 Å². The van der Waals surface area contributed by atoms with Crippen molar-refractivity contribution in [3.8, 4) is 0 Å². The first kappa shape index (κ1) is 18.2. The van der Waals surface area contributed by atoms with E-state index in [0.717, 1.165) is 31.4 Å². The number of rotatable bonds is 7. The maximum atomic E-state index is 12.1. The minimum Gasteiger partial charge on any atom is -0.352 e. The number of hydrogen-bond donors (Lipinski definition) is 2. The number of benzene rings is 1. The van der Waals surface area contributed by atoms with Crippen molar-refractivity contribution in [1.29, 1.82) is 0 Å². The van der Waals surface area contributed by atoms with Crippen LogP contribution in [0.25, 0.3) is 0 Å². The van der Waals surface area contributed by atoms with Gasteiger partial charge in [-0.25, -0.2) is 0 Å². The molecular formula is C19H27N3O2. The summed E-state index contributed by atoms with van der Waals surface area (Å²) in [6.45, 7) is 1.94. The van der Waals surface area contributed by atoms with Crippen LogP contribution in [0.5, 0.6) is 0 Å². The van der Waals surface area contributed by atoms with Crippen LogP contribution in [-0.2, 0) is 11.3 Å². The lowest BCUT2D eigenvalue weighted by atomic mass is 9.93. The highest BCUT2D eigenvalue weighted by Gasteiger charge is 2.18. The Labute approximate surface area is 144 Å². The molecule has 1 unspecified atom stereocenters. The van der Waals surface area contributed by atoms with E-state index in [1.807, 2.05) is 31.1 Å². The SMILES string of the molecule is CN(C)CCNC(=O)c1ccc(CNC(=O)C2CC=CCC2)cc1. The Morgan fingerprint density at radius 1 is 1.12 bits per heavy atom. The van der Waals surface area contributed by atoms with Gasteiger partial charge >= 0.3 is 0 Å². The summed E-state index contributed by atoms with van der Waals surface area (Å²) in [5.74, 6) is 0.142. The molecule has 2 rings (SSSR count). The molecule has 1 atom stereocenters. The van der Waals surface area contributed by atoms with Gasteiger partial charge in [0.2, 0.25) is 5.91 Å². The van der Waals surface area contributed by atoms with Crippen LogP contribution in [0.4, 0.5) is 0 Å².